The predicted molar refractivity (Wildman–Crippen MR) is 99.9 cm³/mol. The van der Waals surface area contributed by atoms with E-state index in [4.69, 9.17) is 4.74 Å². The summed E-state index contributed by atoms with van der Waals surface area (Å²) in [7, 11) is 1.82. The second-order valence-electron chi connectivity index (χ2n) is 7.08. The molecule has 1 aromatic carbocycles. The molecule has 0 radical (unpaired) electrons. The standard InChI is InChI=1S/C19H26N4O3/c1-13-10-22(11-14(2)26-13)12-17(24)20-18-15(3)21(4)23(19(18)25)16-8-6-5-7-9-16/h5-9,13-14H,10-12H2,1-4H3,(H,20,24)/p+1/t13-,14-/m0/s1. The van der Waals surface area contributed by atoms with Crippen LogP contribution in [0.15, 0.2) is 35.1 Å². The van der Waals surface area contributed by atoms with Crippen LogP contribution < -0.4 is 15.8 Å². The summed E-state index contributed by atoms with van der Waals surface area (Å²) in [6, 6.07) is 9.40. The maximum atomic E-state index is 12.8. The lowest BCUT2D eigenvalue weighted by atomic mass is 10.2. The normalized spacial score (nSPS) is 23.0. The van der Waals surface area contributed by atoms with Crippen molar-refractivity contribution in [2.45, 2.75) is 33.0 Å². The highest BCUT2D eigenvalue weighted by Crippen LogP contribution is 2.13. The Bertz CT molecular complexity index is 830. The highest BCUT2D eigenvalue weighted by Gasteiger charge is 2.28. The van der Waals surface area contributed by atoms with Gasteiger partial charge in [-0.25, -0.2) is 4.68 Å². The smallest absolute Gasteiger partial charge is 0.295 e. The van der Waals surface area contributed by atoms with E-state index in [9.17, 15) is 9.59 Å². The van der Waals surface area contributed by atoms with Gasteiger partial charge in [0.15, 0.2) is 6.54 Å². The molecule has 2 N–H and O–H groups in total. The Morgan fingerprint density at radius 3 is 2.46 bits per heavy atom. The number of carbonyl (C=O) groups excluding carboxylic acids is 1. The van der Waals surface area contributed by atoms with Crippen LogP contribution in [0.2, 0.25) is 0 Å². The molecule has 0 unspecified atom stereocenters. The number of hydrogen-bond acceptors (Lipinski definition) is 3. The average molecular weight is 359 g/mol. The van der Waals surface area contributed by atoms with Gasteiger partial charge >= 0.3 is 0 Å². The van der Waals surface area contributed by atoms with Crippen LogP contribution >= 0.6 is 0 Å². The number of hydrogen-bond donors (Lipinski definition) is 2. The van der Waals surface area contributed by atoms with Crippen LogP contribution in [0.4, 0.5) is 5.69 Å². The van der Waals surface area contributed by atoms with Gasteiger partial charge in [0, 0.05) is 7.05 Å². The molecule has 3 rings (SSSR count). The van der Waals surface area contributed by atoms with E-state index in [1.165, 1.54) is 4.90 Å². The van der Waals surface area contributed by atoms with Crippen LogP contribution in [0.25, 0.3) is 5.69 Å². The molecule has 7 nitrogen and oxygen atoms in total. The zero-order chi connectivity index (χ0) is 18.8. The Morgan fingerprint density at radius 1 is 1.23 bits per heavy atom. The molecule has 26 heavy (non-hydrogen) atoms. The Hall–Kier alpha value is -2.38. The van der Waals surface area contributed by atoms with Crippen molar-refractivity contribution in [1.29, 1.82) is 0 Å². The Morgan fingerprint density at radius 2 is 1.85 bits per heavy atom. The number of aromatic nitrogens is 2. The molecule has 140 valence electrons. The topological polar surface area (TPSA) is 69.7 Å². The van der Waals surface area contributed by atoms with Crippen molar-refractivity contribution in [3.8, 4) is 5.69 Å². The molecule has 1 amide bonds. The van der Waals surface area contributed by atoms with Crippen LogP contribution in [0.3, 0.4) is 0 Å². The maximum absolute atomic E-state index is 12.8. The van der Waals surface area contributed by atoms with E-state index in [0.29, 0.717) is 12.2 Å². The van der Waals surface area contributed by atoms with Crippen molar-refractivity contribution in [2.24, 2.45) is 7.05 Å². The van der Waals surface area contributed by atoms with Crippen LogP contribution in [0.1, 0.15) is 19.5 Å². The summed E-state index contributed by atoms with van der Waals surface area (Å²) in [6.07, 6.45) is 0.269. The molecular weight excluding hydrogens is 332 g/mol. The fraction of sp³-hybridized carbons (Fsp3) is 0.474. The van der Waals surface area contributed by atoms with Crippen LogP contribution in [0, 0.1) is 6.92 Å². The van der Waals surface area contributed by atoms with Gasteiger partial charge < -0.3 is 15.0 Å². The number of benzene rings is 1. The van der Waals surface area contributed by atoms with Crippen LogP contribution in [0.5, 0.6) is 0 Å². The molecule has 1 aliphatic heterocycles. The zero-order valence-corrected chi connectivity index (χ0v) is 15.8. The van der Waals surface area contributed by atoms with Gasteiger partial charge in [0.1, 0.15) is 31.0 Å². The molecule has 0 spiro atoms. The lowest BCUT2D eigenvalue weighted by molar-refractivity contribution is -0.907. The number of ether oxygens (including phenoxy) is 1. The number of morpholine rings is 1. The molecule has 0 bridgehead atoms. The van der Waals surface area contributed by atoms with E-state index in [2.05, 4.69) is 5.32 Å². The van der Waals surface area contributed by atoms with E-state index >= 15 is 0 Å². The molecule has 1 saturated heterocycles. The van der Waals surface area contributed by atoms with Crippen LogP contribution in [-0.2, 0) is 16.6 Å². The van der Waals surface area contributed by atoms with E-state index in [1.807, 2.05) is 58.2 Å². The Kier molecular flexibility index (Phi) is 5.29. The summed E-state index contributed by atoms with van der Waals surface area (Å²) in [5, 5.41) is 2.83. The van der Waals surface area contributed by atoms with Gasteiger partial charge in [0.2, 0.25) is 0 Å². The van der Waals surface area contributed by atoms with Gasteiger partial charge in [-0.3, -0.25) is 14.3 Å². The van der Waals surface area contributed by atoms with E-state index < -0.39 is 0 Å². The Balaban J connectivity index is 1.78. The molecule has 7 heteroatoms. The van der Waals surface area contributed by atoms with Crippen molar-refractivity contribution in [1.82, 2.24) is 9.36 Å². The van der Waals surface area contributed by atoms with E-state index in [-0.39, 0.29) is 23.7 Å². The molecule has 2 aromatic rings. The second kappa shape index (κ2) is 7.47. The first-order valence-corrected chi connectivity index (χ1v) is 8.99. The molecule has 0 aliphatic carbocycles. The number of amides is 1. The van der Waals surface area contributed by atoms with Gasteiger partial charge in [-0.15, -0.1) is 0 Å². The highest BCUT2D eigenvalue weighted by atomic mass is 16.5. The molecular formula is C19H27N4O3+. The predicted octanol–water partition coefficient (Wildman–Crippen LogP) is 0.115. The average Bonchev–Trinajstić information content (AvgIpc) is 2.78. The van der Waals surface area contributed by atoms with Crippen molar-refractivity contribution in [3.05, 3.63) is 46.4 Å². The third-order valence-electron chi connectivity index (χ3n) is 4.85. The largest absolute Gasteiger partial charge is 0.364 e. The number of rotatable bonds is 4. The van der Waals surface area contributed by atoms with Gasteiger partial charge in [-0.1, -0.05) is 18.2 Å². The molecule has 2 heterocycles. The zero-order valence-electron chi connectivity index (χ0n) is 15.8. The summed E-state index contributed by atoms with van der Waals surface area (Å²) in [6.45, 7) is 7.79. The summed E-state index contributed by atoms with van der Waals surface area (Å²) in [4.78, 5) is 26.5. The number of para-hydroxylation sites is 1. The fourth-order valence-corrected chi connectivity index (χ4v) is 3.66. The minimum Gasteiger partial charge on any atom is -0.364 e. The van der Waals surface area contributed by atoms with Crippen molar-refractivity contribution in [2.75, 3.05) is 25.0 Å². The minimum atomic E-state index is -0.219. The summed E-state index contributed by atoms with van der Waals surface area (Å²) >= 11 is 0. The molecule has 1 aromatic heterocycles. The number of carbonyl (C=O) groups is 1. The number of anilines is 1. The van der Waals surface area contributed by atoms with Gasteiger partial charge in [-0.2, -0.15) is 0 Å². The molecule has 0 saturated carbocycles. The molecule has 1 fully saturated rings. The van der Waals surface area contributed by atoms with E-state index in [1.54, 1.807) is 9.36 Å². The van der Waals surface area contributed by atoms with Gasteiger partial charge in [0.25, 0.3) is 11.5 Å². The summed E-state index contributed by atoms with van der Waals surface area (Å²) < 4.78 is 9.04. The second-order valence-corrected chi connectivity index (χ2v) is 7.08. The number of nitrogens with one attached hydrogen (secondary N) is 2. The van der Waals surface area contributed by atoms with Crippen molar-refractivity contribution < 1.29 is 14.4 Å². The third kappa shape index (κ3) is 3.73. The number of nitrogens with zero attached hydrogens (tertiary/aromatic N) is 2. The van der Waals surface area contributed by atoms with Crippen molar-refractivity contribution in [3.63, 3.8) is 0 Å². The minimum absolute atomic E-state index is 0.135. The number of quaternary nitrogens is 1. The Labute approximate surface area is 153 Å². The van der Waals surface area contributed by atoms with Gasteiger partial charge in [-0.05, 0) is 32.9 Å². The maximum Gasteiger partial charge on any atom is 0.295 e. The molecule has 1 aliphatic rings. The lowest BCUT2D eigenvalue weighted by Crippen LogP contribution is -3.16. The SMILES string of the molecule is Cc1c(NC(=O)C[NH+]2C[C@H](C)O[C@@H](C)C2)c(=O)n(-c2ccccc2)n1C. The third-order valence-corrected chi connectivity index (χ3v) is 4.85. The monoisotopic (exact) mass is 359 g/mol. The van der Waals surface area contributed by atoms with Gasteiger partial charge in [0.05, 0.1) is 11.4 Å². The highest BCUT2D eigenvalue weighted by molar-refractivity contribution is 5.91. The first-order valence-electron chi connectivity index (χ1n) is 8.99. The van der Waals surface area contributed by atoms with E-state index in [0.717, 1.165) is 24.5 Å². The lowest BCUT2D eigenvalue weighted by Gasteiger charge is -2.31. The first-order chi connectivity index (χ1) is 12.4. The summed E-state index contributed by atoms with van der Waals surface area (Å²) in [5.74, 6) is -0.146. The quantitative estimate of drug-likeness (QED) is 0.814. The fourth-order valence-electron chi connectivity index (χ4n) is 3.66. The summed E-state index contributed by atoms with van der Waals surface area (Å²) in [5.41, 5.74) is 1.62. The first kappa shape index (κ1) is 18.4. The van der Waals surface area contributed by atoms with Crippen molar-refractivity contribution >= 4 is 11.6 Å². The molecule has 2 atom stereocenters. The van der Waals surface area contributed by atoms with Crippen LogP contribution in [-0.4, -0.2) is 47.1 Å².